The fourth-order valence-electron chi connectivity index (χ4n) is 1.32. The minimum atomic E-state index is -0.629. The van der Waals surface area contributed by atoms with Crippen molar-refractivity contribution in [1.82, 2.24) is 5.32 Å². The Labute approximate surface area is 107 Å². The van der Waals surface area contributed by atoms with Crippen LogP contribution in [0.25, 0.3) is 0 Å². The molecule has 0 aliphatic rings. The molecule has 0 spiro atoms. The van der Waals surface area contributed by atoms with E-state index in [4.69, 9.17) is 10.00 Å². The zero-order chi connectivity index (χ0) is 13.2. The Kier molecular flexibility index (Phi) is 6.35. The fourth-order valence-corrected chi connectivity index (χ4v) is 1.32. The molecule has 1 rings (SSSR count). The number of hydrogen-bond donors (Lipinski definition) is 2. The Bertz CT molecular complexity index is 469. The van der Waals surface area contributed by atoms with Gasteiger partial charge in [-0.25, -0.2) is 0 Å². The van der Waals surface area contributed by atoms with Crippen molar-refractivity contribution in [3.8, 4) is 23.7 Å². The quantitative estimate of drug-likeness (QED) is 0.576. The van der Waals surface area contributed by atoms with E-state index >= 15 is 0 Å². The first kappa shape index (κ1) is 14.1. The predicted molar refractivity (Wildman–Crippen MR) is 69.0 cm³/mol. The molecule has 0 aromatic heterocycles. The molecule has 0 radical (unpaired) electrons. The predicted octanol–water partition coefficient (Wildman–Crippen LogP) is 0.911. The SMILES string of the molecule is CC#CCNCC(O)COc1ccccc1C#N. The van der Waals surface area contributed by atoms with Crippen LogP contribution >= 0.6 is 0 Å². The van der Waals surface area contributed by atoms with Gasteiger partial charge in [-0.2, -0.15) is 5.26 Å². The summed E-state index contributed by atoms with van der Waals surface area (Å²) in [6.45, 7) is 2.86. The number of nitrogens with zero attached hydrogens (tertiary/aromatic N) is 1. The lowest BCUT2D eigenvalue weighted by molar-refractivity contribution is 0.107. The summed E-state index contributed by atoms with van der Waals surface area (Å²) in [7, 11) is 0. The van der Waals surface area contributed by atoms with Gasteiger partial charge in [0, 0.05) is 6.54 Å². The van der Waals surface area contributed by atoms with E-state index in [0.29, 0.717) is 24.4 Å². The van der Waals surface area contributed by atoms with E-state index in [1.807, 2.05) is 6.07 Å². The van der Waals surface area contributed by atoms with Crippen LogP contribution < -0.4 is 10.1 Å². The first-order chi connectivity index (χ1) is 8.77. The smallest absolute Gasteiger partial charge is 0.137 e. The Morgan fingerprint density at radius 2 is 2.22 bits per heavy atom. The van der Waals surface area contributed by atoms with Gasteiger partial charge in [0.2, 0.25) is 0 Å². The van der Waals surface area contributed by atoms with Crippen molar-refractivity contribution in [1.29, 1.82) is 5.26 Å². The maximum atomic E-state index is 9.65. The highest BCUT2D eigenvalue weighted by atomic mass is 16.5. The maximum Gasteiger partial charge on any atom is 0.137 e. The number of nitriles is 1. The number of aliphatic hydroxyl groups is 1. The highest BCUT2D eigenvalue weighted by molar-refractivity contribution is 5.42. The lowest BCUT2D eigenvalue weighted by atomic mass is 10.2. The van der Waals surface area contributed by atoms with Crippen LogP contribution in [-0.4, -0.2) is 30.9 Å². The summed E-state index contributed by atoms with van der Waals surface area (Å²) in [5.74, 6) is 6.09. The Balaban J connectivity index is 2.35. The first-order valence-electron chi connectivity index (χ1n) is 5.68. The Morgan fingerprint density at radius 3 is 2.94 bits per heavy atom. The van der Waals surface area contributed by atoms with Gasteiger partial charge >= 0.3 is 0 Å². The molecule has 1 aromatic rings. The third-order valence-corrected chi connectivity index (χ3v) is 2.21. The molecule has 4 nitrogen and oxygen atoms in total. The van der Waals surface area contributed by atoms with E-state index in [1.54, 1.807) is 31.2 Å². The van der Waals surface area contributed by atoms with Crippen molar-refractivity contribution in [2.24, 2.45) is 0 Å². The highest BCUT2D eigenvalue weighted by Gasteiger charge is 2.06. The standard InChI is InChI=1S/C14H16N2O2/c1-2-3-8-16-10-13(17)11-18-14-7-5-4-6-12(14)9-15/h4-7,13,16-17H,8,10-11H2,1H3. The summed E-state index contributed by atoms with van der Waals surface area (Å²) in [6.07, 6.45) is -0.629. The number of benzene rings is 1. The van der Waals surface area contributed by atoms with Crippen LogP contribution in [-0.2, 0) is 0 Å². The third kappa shape index (κ3) is 4.88. The van der Waals surface area contributed by atoms with Gasteiger partial charge in [-0.1, -0.05) is 18.1 Å². The van der Waals surface area contributed by atoms with Gasteiger partial charge in [0.1, 0.15) is 24.5 Å². The first-order valence-corrected chi connectivity index (χ1v) is 5.68. The summed E-state index contributed by atoms with van der Waals surface area (Å²) >= 11 is 0. The molecule has 4 heteroatoms. The molecular formula is C14H16N2O2. The summed E-state index contributed by atoms with van der Waals surface area (Å²) in [5, 5.41) is 21.5. The van der Waals surface area contributed by atoms with Gasteiger partial charge in [0.25, 0.3) is 0 Å². The molecule has 18 heavy (non-hydrogen) atoms. The monoisotopic (exact) mass is 244 g/mol. The molecule has 0 heterocycles. The molecule has 1 unspecified atom stereocenters. The minimum absolute atomic E-state index is 0.144. The van der Waals surface area contributed by atoms with E-state index in [1.165, 1.54) is 0 Å². The second-order valence-corrected chi connectivity index (χ2v) is 3.63. The highest BCUT2D eigenvalue weighted by Crippen LogP contribution is 2.16. The summed E-state index contributed by atoms with van der Waals surface area (Å²) in [6, 6.07) is 8.99. The van der Waals surface area contributed by atoms with Crippen LogP contribution in [0.15, 0.2) is 24.3 Å². The molecular weight excluding hydrogens is 228 g/mol. The van der Waals surface area contributed by atoms with E-state index < -0.39 is 6.10 Å². The van der Waals surface area contributed by atoms with E-state index in [0.717, 1.165) is 0 Å². The van der Waals surface area contributed by atoms with Crippen LogP contribution in [0.4, 0.5) is 0 Å². The minimum Gasteiger partial charge on any atom is -0.489 e. The molecule has 1 atom stereocenters. The molecule has 94 valence electrons. The van der Waals surface area contributed by atoms with Gasteiger partial charge in [0.15, 0.2) is 0 Å². The van der Waals surface area contributed by atoms with Crippen molar-refractivity contribution in [3.05, 3.63) is 29.8 Å². The van der Waals surface area contributed by atoms with Gasteiger partial charge in [-0.15, -0.1) is 5.92 Å². The van der Waals surface area contributed by atoms with E-state index in [2.05, 4.69) is 17.2 Å². The zero-order valence-corrected chi connectivity index (χ0v) is 10.3. The van der Waals surface area contributed by atoms with Gasteiger partial charge < -0.3 is 15.2 Å². The topological polar surface area (TPSA) is 65.3 Å². The summed E-state index contributed by atoms with van der Waals surface area (Å²) < 4.78 is 5.40. The molecule has 0 amide bonds. The Morgan fingerprint density at radius 1 is 1.44 bits per heavy atom. The van der Waals surface area contributed by atoms with Crippen molar-refractivity contribution >= 4 is 0 Å². The number of rotatable bonds is 6. The van der Waals surface area contributed by atoms with E-state index in [-0.39, 0.29) is 6.61 Å². The van der Waals surface area contributed by atoms with Crippen LogP contribution in [0.3, 0.4) is 0 Å². The molecule has 0 saturated carbocycles. The lowest BCUT2D eigenvalue weighted by Crippen LogP contribution is -2.31. The van der Waals surface area contributed by atoms with Crippen LogP contribution in [0.1, 0.15) is 12.5 Å². The molecule has 0 aliphatic heterocycles. The van der Waals surface area contributed by atoms with Gasteiger partial charge in [-0.05, 0) is 19.1 Å². The van der Waals surface area contributed by atoms with Crippen LogP contribution in [0.2, 0.25) is 0 Å². The van der Waals surface area contributed by atoms with Crippen molar-refractivity contribution in [3.63, 3.8) is 0 Å². The van der Waals surface area contributed by atoms with Crippen molar-refractivity contribution in [2.45, 2.75) is 13.0 Å². The molecule has 0 bridgehead atoms. The van der Waals surface area contributed by atoms with Gasteiger partial charge in [0.05, 0.1) is 12.1 Å². The average molecular weight is 244 g/mol. The zero-order valence-electron chi connectivity index (χ0n) is 10.3. The second kappa shape index (κ2) is 8.14. The lowest BCUT2D eigenvalue weighted by Gasteiger charge is -2.13. The molecule has 0 saturated heterocycles. The fraction of sp³-hybridized carbons (Fsp3) is 0.357. The third-order valence-electron chi connectivity index (χ3n) is 2.21. The average Bonchev–Trinajstić information content (AvgIpc) is 2.41. The van der Waals surface area contributed by atoms with Crippen LogP contribution in [0.5, 0.6) is 5.75 Å². The van der Waals surface area contributed by atoms with Crippen LogP contribution in [0, 0.1) is 23.2 Å². The maximum absolute atomic E-state index is 9.65. The summed E-state index contributed by atoms with van der Waals surface area (Å²) in [5.41, 5.74) is 0.467. The number of hydrogen-bond acceptors (Lipinski definition) is 4. The number of aliphatic hydroxyl groups excluding tert-OH is 1. The van der Waals surface area contributed by atoms with Gasteiger partial charge in [-0.3, -0.25) is 0 Å². The molecule has 1 aromatic carbocycles. The normalized spacial score (nSPS) is 10.9. The van der Waals surface area contributed by atoms with E-state index in [9.17, 15) is 5.11 Å². The largest absolute Gasteiger partial charge is 0.489 e. The summed E-state index contributed by atoms with van der Waals surface area (Å²) in [4.78, 5) is 0. The molecule has 2 N–H and O–H groups in total. The number of para-hydroxylation sites is 1. The molecule has 0 fully saturated rings. The number of nitrogens with one attached hydrogen (secondary N) is 1. The number of ether oxygens (including phenoxy) is 1. The second-order valence-electron chi connectivity index (χ2n) is 3.63. The van der Waals surface area contributed by atoms with Crippen molar-refractivity contribution in [2.75, 3.05) is 19.7 Å². The Hall–Kier alpha value is -2.01. The molecule has 0 aliphatic carbocycles. The van der Waals surface area contributed by atoms with Crippen molar-refractivity contribution < 1.29 is 9.84 Å².